The van der Waals surface area contributed by atoms with E-state index in [0.29, 0.717) is 12.3 Å². The zero-order valence-corrected chi connectivity index (χ0v) is 25.3. The number of aliphatic carboxylic acids is 4. The number of nitrogens with zero attached hydrogens (tertiary/aromatic N) is 1. The van der Waals surface area contributed by atoms with E-state index in [1.165, 1.54) is 11.9 Å². The summed E-state index contributed by atoms with van der Waals surface area (Å²) in [6.45, 7) is 13.7. The van der Waals surface area contributed by atoms with Gasteiger partial charge in [0.05, 0.1) is 12.3 Å². The lowest BCUT2D eigenvalue weighted by atomic mass is 10.1. The van der Waals surface area contributed by atoms with Gasteiger partial charge in [-0.3, -0.25) is 28.8 Å². The van der Waals surface area contributed by atoms with Crippen LogP contribution in [0.5, 0.6) is 0 Å². The molecule has 0 aromatic rings. The van der Waals surface area contributed by atoms with Crippen LogP contribution in [0.4, 0.5) is 0 Å². The Morgan fingerprint density at radius 3 is 1.40 bits per heavy atom. The van der Waals surface area contributed by atoms with Crippen molar-refractivity contribution in [2.45, 2.75) is 87.5 Å². The van der Waals surface area contributed by atoms with Crippen molar-refractivity contribution >= 4 is 41.5 Å². The summed E-state index contributed by atoms with van der Waals surface area (Å²) in [4.78, 5) is 73.5. The lowest BCUT2D eigenvalue weighted by Gasteiger charge is -2.16. The van der Waals surface area contributed by atoms with Gasteiger partial charge in [-0.25, -0.2) is 4.79 Å². The number of carbonyl (C=O) groups is 7. The number of likely N-dealkylation sites (N-methyl/N-ethyl adjacent to an activating group) is 1. The summed E-state index contributed by atoms with van der Waals surface area (Å²) in [6.07, 6.45) is 2.27. The van der Waals surface area contributed by atoms with E-state index in [2.05, 4.69) is 18.6 Å². The van der Waals surface area contributed by atoms with Crippen LogP contribution in [0.1, 0.15) is 87.5 Å². The first-order valence-corrected chi connectivity index (χ1v) is 13.0. The maximum Gasteiger partial charge on any atom is 0.341 e. The molecule has 0 saturated carbocycles. The fourth-order valence-corrected chi connectivity index (χ4v) is 2.20. The Morgan fingerprint density at radius 2 is 1.10 bits per heavy atom. The molecule has 0 radical (unpaired) electrons. The van der Waals surface area contributed by atoms with Gasteiger partial charge in [0.25, 0.3) is 0 Å². The number of amides is 1. The fourth-order valence-electron chi connectivity index (χ4n) is 2.20. The highest BCUT2D eigenvalue weighted by Gasteiger charge is 2.14. The molecule has 1 amide bonds. The molecule has 0 heterocycles. The molecule has 234 valence electrons. The van der Waals surface area contributed by atoms with Crippen LogP contribution in [0.3, 0.4) is 0 Å². The third kappa shape index (κ3) is 36.6. The van der Waals surface area contributed by atoms with E-state index in [1.807, 2.05) is 0 Å². The van der Waals surface area contributed by atoms with Crippen LogP contribution < -0.4 is 0 Å². The highest BCUT2D eigenvalue weighted by molar-refractivity contribution is 5.83. The average molecular weight is 580 g/mol. The quantitative estimate of drug-likeness (QED) is 0.218. The Morgan fingerprint density at radius 1 is 0.625 bits per heavy atom. The smallest absolute Gasteiger partial charge is 0.341 e. The van der Waals surface area contributed by atoms with Crippen LogP contribution in [0, 0.1) is 23.7 Å². The summed E-state index contributed by atoms with van der Waals surface area (Å²) < 4.78 is 4.33. The zero-order chi connectivity index (χ0) is 32.6. The molecule has 0 rings (SSSR count). The van der Waals surface area contributed by atoms with Gasteiger partial charge in [0.1, 0.15) is 12.3 Å². The van der Waals surface area contributed by atoms with Crippen molar-refractivity contribution < 1.29 is 58.7 Å². The first kappa shape index (κ1) is 43.5. The van der Waals surface area contributed by atoms with Crippen molar-refractivity contribution in [2.24, 2.45) is 23.7 Å². The van der Waals surface area contributed by atoms with Gasteiger partial charge >= 0.3 is 29.8 Å². The largest absolute Gasteiger partial charge is 0.481 e. The third-order valence-electron chi connectivity index (χ3n) is 4.45. The van der Waals surface area contributed by atoms with Crippen molar-refractivity contribution in [1.82, 2.24) is 4.90 Å². The van der Waals surface area contributed by atoms with E-state index >= 15 is 0 Å². The van der Waals surface area contributed by atoms with Gasteiger partial charge in [-0.05, 0) is 12.3 Å². The topological polar surface area (TPSA) is 213 Å². The minimum absolute atomic E-state index is 0.0161. The molecule has 0 aromatic heterocycles. The number of carboxylic acids is 4. The second-order valence-electron chi connectivity index (χ2n) is 10.1. The van der Waals surface area contributed by atoms with Crippen molar-refractivity contribution in [3.05, 3.63) is 0 Å². The van der Waals surface area contributed by atoms with E-state index in [-0.39, 0.29) is 48.8 Å². The van der Waals surface area contributed by atoms with Crippen molar-refractivity contribution in [3.63, 3.8) is 0 Å². The van der Waals surface area contributed by atoms with Crippen LogP contribution in [-0.4, -0.2) is 87.1 Å². The summed E-state index contributed by atoms with van der Waals surface area (Å²) in [5.41, 5.74) is 0. The molecule has 0 unspecified atom stereocenters. The lowest BCUT2D eigenvalue weighted by molar-refractivity contribution is -0.157. The van der Waals surface area contributed by atoms with Gasteiger partial charge in [-0.2, -0.15) is 0 Å². The van der Waals surface area contributed by atoms with Crippen molar-refractivity contribution in [2.75, 3.05) is 20.2 Å². The number of Topliss-reactive ketones (excluding diaryl/α,β-unsaturated/α-hetero) is 1. The highest BCUT2D eigenvalue weighted by atomic mass is 16.5. The number of carboxylic acid groups (broad SMARTS) is 4. The summed E-state index contributed by atoms with van der Waals surface area (Å²) in [5.74, 6) is -4.14. The molecule has 13 heteroatoms. The number of ketones is 1. The summed E-state index contributed by atoms with van der Waals surface area (Å²) in [5, 5.41) is 32.8. The predicted molar refractivity (Wildman–Crippen MR) is 147 cm³/mol. The molecule has 40 heavy (non-hydrogen) atoms. The second kappa shape index (κ2) is 25.8. The molecule has 4 N–H and O–H groups in total. The molecule has 0 aliphatic rings. The fraction of sp³-hybridized carbons (Fsp3) is 0.741. The summed E-state index contributed by atoms with van der Waals surface area (Å²) in [6, 6.07) is 0. The van der Waals surface area contributed by atoms with Crippen LogP contribution in [0.25, 0.3) is 0 Å². The van der Waals surface area contributed by atoms with Crippen LogP contribution in [-0.2, 0) is 38.3 Å². The maximum absolute atomic E-state index is 11.0. The Balaban J connectivity index is -0.000000217. The monoisotopic (exact) mass is 579 g/mol. The Hall–Kier alpha value is -3.51. The SMILES string of the molecule is CC(C)C(=O)CCC(=O)O.CC(C)C(=O)N(C)CC(=O)O.CC(C)C(=O)OCC(=O)O.CC(C)CCCC(=O)O. The lowest BCUT2D eigenvalue weighted by Crippen LogP contribution is -2.34. The maximum atomic E-state index is 11.0. The number of hydrogen-bond donors (Lipinski definition) is 4. The van der Waals surface area contributed by atoms with E-state index in [9.17, 15) is 33.6 Å². The minimum atomic E-state index is -1.13. The molecule has 0 aromatic carbocycles. The first-order chi connectivity index (χ1) is 18.1. The predicted octanol–water partition coefficient (Wildman–Crippen LogP) is 3.43. The normalized spacial score (nSPS) is 9.82. The van der Waals surface area contributed by atoms with Crippen molar-refractivity contribution in [1.29, 1.82) is 0 Å². The van der Waals surface area contributed by atoms with Crippen LogP contribution in [0.15, 0.2) is 0 Å². The molecular formula is C27H49NO12. The summed E-state index contributed by atoms with van der Waals surface area (Å²) in [7, 11) is 1.48. The zero-order valence-electron chi connectivity index (χ0n) is 25.3. The molecule has 0 atom stereocenters. The molecule has 0 aliphatic carbocycles. The Kier molecular flexibility index (Phi) is 28.0. The summed E-state index contributed by atoms with van der Waals surface area (Å²) >= 11 is 0. The average Bonchev–Trinajstić information content (AvgIpc) is 2.80. The molecule has 0 saturated heterocycles. The number of rotatable bonds is 14. The number of carbonyl (C=O) groups excluding carboxylic acids is 3. The third-order valence-corrected chi connectivity index (χ3v) is 4.45. The van der Waals surface area contributed by atoms with Crippen molar-refractivity contribution in [3.8, 4) is 0 Å². The number of ether oxygens (including phenoxy) is 1. The van der Waals surface area contributed by atoms with E-state index in [4.69, 9.17) is 20.4 Å². The van der Waals surface area contributed by atoms with Gasteiger partial charge in [-0.15, -0.1) is 0 Å². The van der Waals surface area contributed by atoms with Gasteiger partial charge in [0.2, 0.25) is 5.91 Å². The standard InChI is InChI=1S/C7H13NO3.C7H12O3.C7H14O2.C6H10O4/c1-5(2)7(11)8(3)4-6(9)10;1-5(2)6(8)3-4-7(9)10;1-6(2)4-3-5-7(8)9;1-4(2)6(9)10-3-5(7)8/h5H,4H2,1-3H3,(H,9,10);5H,3-4H2,1-2H3,(H,9,10);6H,3-5H2,1-2H3,(H,8,9);4H,3H2,1-2H3,(H,7,8). The Labute approximate surface area is 236 Å². The van der Waals surface area contributed by atoms with E-state index in [0.717, 1.165) is 12.8 Å². The van der Waals surface area contributed by atoms with Crippen LogP contribution >= 0.6 is 0 Å². The Bertz CT molecular complexity index is 754. The number of esters is 1. The molecule has 0 bridgehead atoms. The van der Waals surface area contributed by atoms with Crippen LogP contribution in [0.2, 0.25) is 0 Å². The highest BCUT2D eigenvalue weighted by Crippen LogP contribution is 2.05. The first-order valence-electron chi connectivity index (χ1n) is 13.0. The molecule has 0 aliphatic heterocycles. The molecular weight excluding hydrogens is 530 g/mol. The second-order valence-corrected chi connectivity index (χ2v) is 10.1. The molecule has 13 nitrogen and oxygen atoms in total. The van der Waals surface area contributed by atoms with E-state index < -0.39 is 36.5 Å². The van der Waals surface area contributed by atoms with Gasteiger partial charge in [0, 0.05) is 31.7 Å². The number of hydrogen-bond acceptors (Lipinski definition) is 8. The minimum Gasteiger partial charge on any atom is -0.481 e. The van der Waals surface area contributed by atoms with Gasteiger partial charge in [-0.1, -0.05) is 61.8 Å². The van der Waals surface area contributed by atoms with Gasteiger partial charge < -0.3 is 30.1 Å². The molecule has 0 spiro atoms. The van der Waals surface area contributed by atoms with E-state index in [1.54, 1.807) is 41.5 Å². The van der Waals surface area contributed by atoms with Gasteiger partial charge in [0.15, 0.2) is 6.61 Å². The molecule has 0 fully saturated rings.